The molecule has 232 valence electrons. The number of nitrogens with one attached hydrogen (secondary N) is 1. The second kappa shape index (κ2) is 11.1. The highest BCUT2D eigenvalue weighted by atomic mass is 19.3. The first-order chi connectivity index (χ1) is 20.6. The molecule has 4 aliphatic heterocycles. The van der Waals surface area contributed by atoms with Crippen molar-refractivity contribution in [2.24, 2.45) is 17.8 Å². The highest BCUT2D eigenvalue weighted by Crippen LogP contribution is 2.44. The van der Waals surface area contributed by atoms with Gasteiger partial charge in [0.15, 0.2) is 0 Å². The number of alkyl halides is 2. The summed E-state index contributed by atoms with van der Waals surface area (Å²) in [4.78, 5) is 55.5. The topological polar surface area (TPSA) is 99.3 Å². The van der Waals surface area contributed by atoms with Crippen LogP contribution in [0.1, 0.15) is 80.1 Å². The number of hydrogen-bond donors (Lipinski definition) is 1. The lowest BCUT2D eigenvalue weighted by molar-refractivity contribution is -0.161. The van der Waals surface area contributed by atoms with Crippen LogP contribution in [0, 0.1) is 17.8 Å². The Kier molecular flexibility index (Phi) is 7.42. The predicted octanol–water partition coefficient (Wildman–Crippen LogP) is 3.35. The van der Waals surface area contributed by atoms with Crippen molar-refractivity contribution in [1.29, 1.82) is 0 Å². The van der Waals surface area contributed by atoms with Crippen LogP contribution in [-0.2, 0) is 20.9 Å². The van der Waals surface area contributed by atoms with Crippen LogP contribution in [-0.4, -0.2) is 88.6 Å². The largest absolute Gasteiger partial charge is 0.489 e. The Balaban J connectivity index is 0.917. The molecular formula is C32H40F2N4O5. The molecule has 1 aromatic rings. The number of imide groups is 1. The minimum atomic E-state index is -2.66. The van der Waals surface area contributed by atoms with Gasteiger partial charge < -0.3 is 14.5 Å². The van der Waals surface area contributed by atoms with Crippen molar-refractivity contribution in [2.45, 2.75) is 94.9 Å². The van der Waals surface area contributed by atoms with Gasteiger partial charge in [0.25, 0.3) is 5.91 Å². The van der Waals surface area contributed by atoms with E-state index < -0.39 is 23.8 Å². The summed E-state index contributed by atoms with van der Waals surface area (Å²) < 4.78 is 33.0. The van der Waals surface area contributed by atoms with Gasteiger partial charge >= 0.3 is 0 Å². The number of hydrogen-bond acceptors (Lipinski definition) is 6. The molecule has 5 fully saturated rings. The van der Waals surface area contributed by atoms with E-state index in [1.165, 1.54) is 6.42 Å². The van der Waals surface area contributed by atoms with Crippen molar-refractivity contribution in [3.8, 4) is 5.75 Å². The molecule has 1 N–H and O–H groups in total. The summed E-state index contributed by atoms with van der Waals surface area (Å²) in [5, 5.41) is 2.35. The number of piperidine rings is 2. The van der Waals surface area contributed by atoms with Crippen molar-refractivity contribution in [3.63, 3.8) is 0 Å². The Hall–Kier alpha value is -3.08. The maximum Gasteiger partial charge on any atom is 0.255 e. The number of fused-ring (bicyclic) bond motifs is 1. The first kappa shape index (κ1) is 28.7. The first-order valence-electron chi connectivity index (χ1n) is 16.0. The first-order valence-corrected chi connectivity index (χ1v) is 16.0. The van der Waals surface area contributed by atoms with Gasteiger partial charge in [-0.25, -0.2) is 8.78 Å². The number of benzene rings is 1. The van der Waals surface area contributed by atoms with Gasteiger partial charge in [-0.2, -0.15) is 0 Å². The lowest BCUT2D eigenvalue weighted by atomic mass is 9.76. The Labute approximate surface area is 250 Å². The van der Waals surface area contributed by atoms with Crippen molar-refractivity contribution in [1.82, 2.24) is 20.0 Å². The second-order valence-corrected chi connectivity index (χ2v) is 13.6. The van der Waals surface area contributed by atoms with Crippen molar-refractivity contribution in [2.75, 3.05) is 26.2 Å². The third-order valence-corrected chi connectivity index (χ3v) is 10.8. The van der Waals surface area contributed by atoms with Crippen LogP contribution in [0.15, 0.2) is 18.2 Å². The van der Waals surface area contributed by atoms with Crippen LogP contribution in [0.3, 0.4) is 0 Å². The van der Waals surface area contributed by atoms with Gasteiger partial charge in [0.2, 0.25) is 23.6 Å². The number of carbonyl (C=O) groups excluding carboxylic acids is 4. The van der Waals surface area contributed by atoms with E-state index in [4.69, 9.17) is 4.74 Å². The Morgan fingerprint density at radius 1 is 0.953 bits per heavy atom. The van der Waals surface area contributed by atoms with E-state index >= 15 is 0 Å². The van der Waals surface area contributed by atoms with Gasteiger partial charge in [-0.1, -0.05) is 6.42 Å². The van der Waals surface area contributed by atoms with Gasteiger partial charge in [-0.15, -0.1) is 0 Å². The predicted molar refractivity (Wildman–Crippen MR) is 151 cm³/mol. The molecule has 0 spiro atoms. The summed E-state index contributed by atoms with van der Waals surface area (Å²) in [6, 6.07) is 5.29. The number of ether oxygens (including phenoxy) is 1. The van der Waals surface area contributed by atoms with E-state index in [0.717, 1.165) is 56.5 Å². The maximum absolute atomic E-state index is 13.2. The Morgan fingerprint density at radius 3 is 2.42 bits per heavy atom. The fraction of sp³-hybridized carbons (Fsp3) is 0.688. The van der Waals surface area contributed by atoms with E-state index in [1.807, 2.05) is 17.0 Å². The van der Waals surface area contributed by atoms with Gasteiger partial charge in [0.1, 0.15) is 17.9 Å². The minimum Gasteiger partial charge on any atom is -0.489 e. The maximum atomic E-state index is 13.2. The van der Waals surface area contributed by atoms with Crippen molar-refractivity contribution in [3.05, 3.63) is 29.3 Å². The molecule has 6 aliphatic rings. The fourth-order valence-corrected chi connectivity index (χ4v) is 8.23. The SMILES string of the molecule is O=C1CCC(N2Cc3cc(O[C@H]4CCCC[C@H]4N4CC(C5CCN(C(=O)C6CC(F)(F)C6)CC5)C4)ccc3C2=O)C(=O)N1. The zero-order valence-corrected chi connectivity index (χ0v) is 24.4. The van der Waals surface area contributed by atoms with Gasteiger partial charge in [-0.05, 0) is 74.1 Å². The average Bonchev–Trinajstić information content (AvgIpc) is 3.27. The zero-order chi connectivity index (χ0) is 29.9. The van der Waals surface area contributed by atoms with Crippen LogP contribution in [0.4, 0.5) is 8.78 Å². The number of nitrogens with zero attached hydrogens (tertiary/aromatic N) is 3. The fourth-order valence-electron chi connectivity index (χ4n) is 8.23. The number of rotatable bonds is 6. The summed E-state index contributed by atoms with van der Waals surface area (Å²) >= 11 is 0. The molecule has 2 saturated carbocycles. The standard InChI is InChI=1S/C32H40F2N4O5/c33-32(34)14-21(15-32)30(41)36-11-9-19(10-12-36)22-16-37(17-22)25-3-1-2-4-27(25)43-23-5-6-24-20(13-23)18-38(31(24)42)26-7-8-28(39)35-29(26)40/h5-6,13,19,21-22,25-27H,1-4,7-12,14-18H2,(H,35,39,40)/t25-,26?,27+/m1/s1. The molecule has 0 bridgehead atoms. The molecule has 1 unspecified atom stereocenters. The average molecular weight is 599 g/mol. The molecule has 11 heteroatoms. The van der Waals surface area contributed by atoms with E-state index in [0.29, 0.717) is 49.5 Å². The van der Waals surface area contributed by atoms with E-state index in [9.17, 15) is 28.0 Å². The summed E-state index contributed by atoms with van der Waals surface area (Å²) in [6.07, 6.45) is 6.29. The van der Waals surface area contributed by atoms with E-state index in [-0.39, 0.29) is 43.1 Å². The molecule has 3 atom stereocenters. The number of amides is 4. The molecule has 4 amide bonds. The molecule has 4 heterocycles. The molecule has 0 aromatic heterocycles. The van der Waals surface area contributed by atoms with Gasteiger partial charge in [0.05, 0.1) is 0 Å². The van der Waals surface area contributed by atoms with Crippen LogP contribution in [0.25, 0.3) is 0 Å². The number of likely N-dealkylation sites (tertiary alicyclic amines) is 2. The second-order valence-electron chi connectivity index (χ2n) is 13.6. The highest BCUT2D eigenvalue weighted by Gasteiger charge is 2.50. The molecule has 7 rings (SSSR count). The summed E-state index contributed by atoms with van der Waals surface area (Å²) in [7, 11) is 0. The summed E-state index contributed by atoms with van der Waals surface area (Å²) in [5.41, 5.74) is 1.43. The number of carbonyl (C=O) groups is 4. The van der Waals surface area contributed by atoms with Crippen LogP contribution in [0.2, 0.25) is 0 Å². The third kappa shape index (κ3) is 5.53. The summed E-state index contributed by atoms with van der Waals surface area (Å²) in [6.45, 7) is 3.74. The van der Waals surface area contributed by atoms with Crippen LogP contribution >= 0.6 is 0 Å². The van der Waals surface area contributed by atoms with E-state index in [1.54, 1.807) is 11.0 Å². The molecular weight excluding hydrogens is 558 g/mol. The molecule has 43 heavy (non-hydrogen) atoms. The normalized spacial score (nSPS) is 30.5. The van der Waals surface area contributed by atoms with E-state index in [2.05, 4.69) is 10.2 Å². The lowest BCUT2D eigenvalue weighted by Gasteiger charge is -2.52. The van der Waals surface area contributed by atoms with Crippen LogP contribution < -0.4 is 10.1 Å². The lowest BCUT2D eigenvalue weighted by Crippen LogP contribution is -2.60. The van der Waals surface area contributed by atoms with Crippen LogP contribution in [0.5, 0.6) is 5.75 Å². The molecule has 2 aliphatic carbocycles. The summed E-state index contributed by atoms with van der Waals surface area (Å²) in [5.74, 6) is -2.23. The van der Waals surface area contributed by atoms with Gasteiger partial charge in [-0.3, -0.25) is 29.4 Å². The zero-order valence-electron chi connectivity index (χ0n) is 24.4. The van der Waals surface area contributed by atoms with Crippen molar-refractivity contribution >= 4 is 23.6 Å². The smallest absolute Gasteiger partial charge is 0.255 e. The molecule has 0 radical (unpaired) electrons. The monoisotopic (exact) mass is 598 g/mol. The quantitative estimate of drug-likeness (QED) is 0.505. The number of halogens is 2. The highest BCUT2D eigenvalue weighted by molar-refractivity contribution is 6.05. The molecule has 3 saturated heterocycles. The third-order valence-electron chi connectivity index (χ3n) is 10.8. The van der Waals surface area contributed by atoms with Gasteiger partial charge in [0, 0.05) is 69.5 Å². The molecule has 9 nitrogen and oxygen atoms in total. The Morgan fingerprint density at radius 2 is 1.70 bits per heavy atom. The molecule has 1 aromatic carbocycles. The van der Waals surface area contributed by atoms with Crippen molar-refractivity contribution < 1.29 is 32.7 Å². The minimum absolute atomic E-state index is 0.0659. The Bertz CT molecular complexity index is 1300.